The minimum atomic E-state index is -3.51. The number of aryl methyl sites for hydroxylation is 1. The van der Waals surface area contributed by atoms with Crippen LogP contribution in [0.15, 0.2) is 17.0 Å². The fourth-order valence-corrected chi connectivity index (χ4v) is 3.70. The molecule has 1 aromatic carbocycles. The van der Waals surface area contributed by atoms with E-state index in [9.17, 15) is 8.42 Å². The van der Waals surface area contributed by atoms with Crippen molar-refractivity contribution in [3.63, 3.8) is 0 Å². The number of benzene rings is 1. The van der Waals surface area contributed by atoms with Gasteiger partial charge in [-0.1, -0.05) is 6.92 Å². The van der Waals surface area contributed by atoms with Crippen molar-refractivity contribution < 1.29 is 13.2 Å². The van der Waals surface area contributed by atoms with E-state index in [1.54, 1.807) is 12.1 Å². The van der Waals surface area contributed by atoms with E-state index in [1.807, 2.05) is 20.8 Å². The molecule has 0 spiro atoms. The molecule has 20 heavy (non-hydrogen) atoms. The lowest BCUT2D eigenvalue weighted by Gasteiger charge is -2.25. The van der Waals surface area contributed by atoms with Crippen LogP contribution in [0.1, 0.15) is 43.9 Å². The standard InChI is InChI=1S/C14H22N2O3S/c1-4-10(3)16-20(17,18)11-7-9(2)14-12(8-11)13(15)5-6-19-14/h7-8,10,13,16H,4-6,15H2,1-3H3. The molecule has 1 aromatic rings. The Morgan fingerprint density at radius 1 is 1.50 bits per heavy atom. The summed E-state index contributed by atoms with van der Waals surface area (Å²) in [5.74, 6) is 0.728. The summed E-state index contributed by atoms with van der Waals surface area (Å²) in [4.78, 5) is 0.259. The summed E-state index contributed by atoms with van der Waals surface area (Å²) >= 11 is 0. The second kappa shape index (κ2) is 5.71. The molecule has 1 heterocycles. The highest BCUT2D eigenvalue weighted by Gasteiger charge is 2.25. The zero-order chi connectivity index (χ0) is 14.9. The van der Waals surface area contributed by atoms with E-state index in [2.05, 4.69) is 4.72 Å². The third-order valence-electron chi connectivity index (χ3n) is 3.63. The van der Waals surface area contributed by atoms with E-state index >= 15 is 0 Å². The molecule has 0 saturated carbocycles. The summed E-state index contributed by atoms with van der Waals surface area (Å²) < 4.78 is 33.0. The van der Waals surface area contributed by atoms with Gasteiger partial charge in [-0.2, -0.15) is 0 Å². The molecule has 0 aliphatic carbocycles. The predicted molar refractivity (Wildman–Crippen MR) is 78.3 cm³/mol. The van der Waals surface area contributed by atoms with Crippen molar-refractivity contribution in [2.24, 2.45) is 5.73 Å². The Kier molecular flexibility index (Phi) is 4.36. The summed E-state index contributed by atoms with van der Waals surface area (Å²) in [7, 11) is -3.51. The van der Waals surface area contributed by atoms with Gasteiger partial charge in [-0.05, 0) is 38.0 Å². The molecule has 0 fully saturated rings. The third kappa shape index (κ3) is 2.97. The van der Waals surface area contributed by atoms with Crippen LogP contribution < -0.4 is 15.2 Å². The maximum atomic E-state index is 12.4. The van der Waals surface area contributed by atoms with Crippen LogP contribution in [-0.2, 0) is 10.0 Å². The molecule has 2 rings (SSSR count). The van der Waals surface area contributed by atoms with Crippen LogP contribution in [0.3, 0.4) is 0 Å². The molecular formula is C14H22N2O3S. The summed E-state index contributed by atoms with van der Waals surface area (Å²) in [6, 6.07) is 3.01. The van der Waals surface area contributed by atoms with Crippen LogP contribution in [0.2, 0.25) is 0 Å². The number of rotatable bonds is 4. The lowest BCUT2D eigenvalue weighted by molar-refractivity contribution is 0.266. The summed E-state index contributed by atoms with van der Waals surface area (Å²) in [6.45, 7) is 6.21. The average Bonchev–Trinajstić information content (AvgIpc) is 2.39. The molecule has 6 heteroatoms. The molecule has 0 amide bonds. The minimum Gasteiger partial charge on any atom is -0.493 e. The molecule has 0 saturated heterocycles. The fourth-order valence-electron chi connectivity index (χ4n) is 2.25. The largest absolute Gasteiger partial charge is 0.493 e. The van der Waals surface area contributed by atoms with Crippen molar-refractivity contribution in [1.29, 1.82) is 0 Å². The Morgan fingerprint density at radius 2 is 2.20 bits per heavy atom. The van der Waals surface area contributed by atoms with Gasteiger partial charge in [-0.25, -0.2) is 13.1 Å². The van der Waals surface area contributed by atoms with Gasteiger partial charge in [0.2, 0.25) is 10.0 Å². The number of fused-ring (bicyclic) bond motifs is 1. The first kappa shape index (κ1) is 15.3. The SMILES string of the molecule is CCC(C)NS(=O)(=O)c1cc(C)c2c(c1)C(N)CCO2. The lowest BCUT2D eigenvalue weighted by Crippen LogP contribution is -2.32. The number of hydrogen-bond donors (Lipinski definition) is 2. The predicted octanol–water partition coefficient (Wildman–Crippen LogP) is 1.85. The van der Waals surface area contributed by atoms with Crippen molar-refractivity contribution in [1.82, 2.24) is 4.72 Å². The maximum Gasteiger partial charge on any atom is 0.240 e. The average molecular weight is 298 g/mol. The normalized spacial score (nSPS) is 20.1. The van der Waals surface area contributed by atoms with E-state index in [4.69, 9.17) is 10.5 Å². The molecule has 2 atom stereocenters. The molecule has 112 valence electrons. The number of hydrogen-bond acceptors (Lipinski definition) is 4. The molecule has 0 radical (unpaired) electrons. The smallest absolute Gasteiger partial charge is 0.240 e. The Bertz CT molecular complexity index is 599. The van der Waals surface area contributed by atoms with Crippen molar-refractivity contribution in [2.75, 3.05) is 6.61 Å². The zero-order valence-electron chi connectivity index (χ0n) is 12.1. The fraction of sp³-hybridized carbons (Fsp3) is 0.571. The van der Waals surface area contributed by atoms with Gasteiger partial charge in [0, 0.05) is 24.1 Å². The molecule has 1 aliphatic heterocycles. The van der Waals surface area contributed by atoms with Crippen LogP contribution in [0.25, 0.3) is 0 Å². The second-order valence-corrected chi connectivity index (χ2v) is 7.05. The van der Waals surface area contributed by atoms with Gasteiger partial charge in [0.1, 0.15) is 5.75 Å². The van der Waals surface area contributed by atoms with E-state index in [0.717, 1.165) is 23.3 Å². The molecule has 3 N–H and O–H groups in total. The van der Waals surface area contributed by atoms with Gasteiger partial charge in [0.05, 0.1) is 11.5 Å². The highest BCUT2D eigenvalue weighted by atomic mass is 32.2. The Labute approximate surface area is 120 Å². The monoisotopic (exact) mass is 298 g/mol. The number of ether oxygens (including phenoxy) is 1. The Morgan fingerprint density at radius 3 is 2.85 bits per heavy atom. The quantitative estimate of drug-likeness (QED) is 0.889. The first-order valence-corrected chi connectivity index (χ1v) is 8.38. The van der Waals surface area contributed by atoms with Crippen LogP contribution in [0, 0.1) is 6.92 Å². The molecule has 5 nitrogen and oxygen atoms in total. The Hall–Kier alpha value is -1.11. The van der Waals surface area contributed by atoms with Crippen LogP contribution in [0.4, 0.5) is 0 Å². The van der Waals surface area contributed by atoms with Gasteiger partial charge in [-0.3, -0.25) is 0 Å². The maximum absolute atomic E-state index is 12.4. The summed E-state index contributed by atoms with van der Waals surface area (Å²) in [5, 5.41) is 0. The van der Waals surface area contributed by atoms with Crippen LogP contribution >= 0.6 is 0 Å². The zero-order valence-corrected chi connectivity index (χ0v) is 13.0. The van der Waals surface area contributed by atoms with Gasteiger partial charge >= 0.3 is 0 Å². The first-order valence-electron chi connectivity index (χ1n) is 6.90. The van der Waals surface area contributed by atoms with E-state index in [0.29, 0.717) is 13.0 Å². The minimum absolute atomic E-state index is 0.0961. The second-order valence-electron chi connectivity index (χ2n) is 5.33. The number of nitrogens with one attached hydrogen (secondary N) is 1. The summed E-state index contributed by atoms with van der Waals surface area (Å²) in [6.07, 6.45) is 1.44. The Balaban J connectivity index is 2.44. The van der Waals surface area contributed by atoms with E-state index < -0.39 is 10.0 Å². The van der Waals surface area contributed by atoms with Crippen LogP contribution in [-0.4, -0.2) is 21.1 Å². The number of nitrogens with two attached hydrogens (primary N) is 1. The van der Waals surface area contributed by atoms with Gasteiger partial charge in [0.25, 0.3) is 0 Å². The van der Waals surface area contributed by atoms with Crippen LogP contribution in [0.5, 0.6) is 5.75 Å². The topological polar surface area (TPSA) is 81.4 Å². The lowest BCUT2D eigenvalue weighted by atomic mass is 9.99. The van der Waals surface area contributed by atoms with Gasteiger partial charge in [0.15, 0.2) is 0 Å². The first-order chi connectivity index (χ1) is 9.35. The van der Waals surface area contributed by atoms with E-state index in [1.165, 1.54) is 0 Å². The third-order valence-corrected chi connectivity index (χ3v) is 5.20. The molecule has 1 aliphatic rings. The van der Waals surface area contributed by atoms with E-state index in [-0.39, 0.29) is 17.0 Å². The highest BCUT2D eigenvalue weighted by Crippen LogP contribution is 2.35. The van der Waals surface area contributed by atoms with Gasteiger partial charge in [-0.15, -0.1) is 0 Å². The summed E-state index contributed by atoms with van der Waals surface area (Å²) in [5.41, 5.74) is 7.65. The molecular weight excluding hydrogens is 276 g/mol. The van der Waals surface area contributed by atoms with Gasteiger partial charge < -0.3 is 10.5 Å². The molecule has 0 bridgehead atoms. The van der Waals surface area contributed by atoms with Crippen molar-refractivity contribution >= 4 is 10.0 Å². The highest BCUT2D eigenvalue weighted by molar-refractivity contribution is 7.89. The molecule has 0 aromatic heterocycles. The number of sulfonamides is 1. The van der Waals surface area contributed by atoms with Crippen molar-refractivity contribution in [2.45, 2.75) is 50.6 Å². The van der Waals surface area contributed by atoms with Crippen molar-refractivity contribution in [3.8, 4) is 5.75 Å². The van der Waals surface area contributed by atoms with Crippen molar-refractivity contribution in [3.05, 3.63) is 23.3 Å². The molecule has 2 unspecified atom stereocenters.